The number of rotatable bonds is 6. The van der Waals surface area contributed by atoms with Gasteiger partial charge in [-0.1, -0.05) is 0 Å². The average molecular weight is 602 g/mol. The van der Waals surface area contributed by atoms with Crippen molar-refractivity contribution < 1.29 is 52.7 Å². The van der Waals surface area contributed by atoms with Crippen LogP contribution in [0.3, 0.4) is 0 Å². The summed E-state index contributed by atoms with van der Waals surface area (Å²) >= 11 is 0. The molecule has 0 atom stereocenters. The third-order valence-electron chi connectivity index (χ3n) is 5.82. The van der Waals surface area contributed by atoms with E-state index in [4.69, 9.17) is 8.83 Å². The number of nitrogens with zero attached hydrogens (tertiary/aromatic N) is 4. The van der Waals surface area contributed by atoms with Crippen LogP contribution in [0, 0.1) is 0 Å². The van der Waals surface area contributed by atoms with E-state index in [1.807, 2.05) is 0 Å². The molecule has 0 bridgehead atoms. The number of pyridine rings is 2. The monoisotopic (exact) mass is 602 g/mol. The van der Waals surface area contributed by atoms with Gasteiger partial charge in [0.15, 0.2) is 0 Å². The summed E-state index contributed by atoms with van der Waals surface area (Å²) in [5.74, 6) is -15.8. The number of alkyl halides is 10. The Labute approximate surface area is 227 Å². The van der Waals surface area contributed by atoms with Gasteiger partial charge in [-0.15, -0.1) is 0 Å². The Hall–Kier alpha value is -4.76. The van der Waals surface area contributed by atoms with E-state index in [0.29, 0.717) is 0 Å². The van der Waals surface area contributed by atoms with E-state index in [1.165, 1.54) is 0 Å². The third kappa shape index (κ3) is 4.96. The Balaban J connectivity index is 1.58. The number of halogens is 10. The Morgan fingerprint density at radius 3 is 1.02 bits per heavy atom. The van der Waals surface area contributed by atoms with Crippen molar-refractivity contribution in [1.29, 1.82) is 0 Å². The van der Waals surface area contributed by atoms with Gasteiger partial charge in [0.2, 0.25) is 23.3 Å². The van der Waals surface area contributed by atoms with Gasteiger partial charge in [-0.2, -0.15) is 43.9 Å². The van der Waals surface area contributed by atoms with E-state index in [0.717, 1.165) is 73.3 Å². The summed E-state index contributed by atoms with van der Waals surface area (Å²) in [6.45, 7) is 0. The van der Waals surface area contributed by atoms with Gasteiger partial charge >= 0.3 is 24.2 Å². The van der Waals surface area contributed by atoms with E-state index in [1.54, 1.807) is 0 Å². The van der Waals surface area contributed by atoms with Crippen LogP contribution in [-0.2, 0) is 11.8 Å². The summed E-state index contributed by atoms with van der Waals surface area (Å²) in [5.41, 5.74) is -2.21. The molecule has 4 aromatic heterocycles. The first-order valence-electron chi connectivity index (χ1n) is 11.4. The second kappa shape index (κ2) is 9.95. The van der Waals surface area contributed by atoms with Gasteiger partial charge in [0, 0.05) is 47.0 Å². The lowest BCUT2D eigenvalue weighted by atomic mass is 10.1. The first-order valence-corrected chi connectivity index (χ1v) is 11.4. The van der Waals surface area contributed by atoms with Crippen molar-refractivity contribution in [1.82, 2.24) is 19.9 Å². The first kappa shape index (κ1) is 28.8. The molecule has 0 saturated carbocycles. The molecular weight excluding hydrogens is 590 g/mol. The molecule has 6 nitrogen and oxygen atoms in total. The standard InChI is InChI=1S/C26H12F10N4O2/c27-23(28,25(31,32)33)19-17(13-5-9-37-10-6-13)39-21(41-19)15-1-2-16(4-3-15)22-40-18(14-7-11-38-12-8-14)20(42-22)24(29,30)26(34,35)36/h1-12H. The second-order valence-corrected chi connectivity index (χ2v) is 8.59. The highest BCUT2D eigenvalue weighted by Gasteiger charge is 2.63. The third-order valence-corrected chi connectivity index (χ3v) is 5.82. The van der Waals surface area contributed by atoms with Gasteiger partial charge in [-0.25, -0.2) is 9.97 Å². The molecule has 16 heteroatoms. The molecule has 0 aliphatic rings. The highest BCUT2D eigenvalue weighted by Crippen LogP contribution is 2.50. The lowest BCUT2D eigenvalue weighted by molar-refractivity contribution is -0.295. The van der Waals surface area contributed by atoms with Crippen molar-refractivity contribution in [3.8, 4) is 45.4 Å². The zero-order valence-corrected chi connectivity index (χ0v) is 20.3. The maximum Gasteiger partial charge on any atom is 0.461 e. The fraction of sp³-hybridized carbons (Fsp3) is 0.154. The molecule has 218 valence electrons. The fourth-order valence-electron chi connectivity index (χ4n) is 3.74. The Morgan fingerprint density at radius 1 is 0.429 bits per heavy atom. The number of benzene rings is 1. The van der Waals surface area contributed by atoms with Crippen molar-refractivity contribution in [2.45, 2.75) is 24.2 Å². The minimum Gasteiger partial charge on any atom is -0.434 e. The van der Waals surface area contributed by atoms with Gasteiger partial charge < -0.3 is 8.83 Å². The largest absolute Gasteiger partial charge is 0.461 e. The Morgan fingerprint density at radius 2 is 0.738 bits per heavy atom. The van der Waals surface area contributed by atoms with Gasteiger partial charge in [-0.3, -0.25) is 9.97 Å². The van der Waals surface area contributed by atoms with Gasteiger partial charge in [0.1, 0.15) is 11.4 Å². The normalized spacial score (nSPS) is 13.0. The highest BCUT2D eigenvalue weighted by atomic mass is 19.4. The van der Waals surface area contributed by atoms with Crippen LogP contribution in [0.15, 0.2) is 82.2 Å². The Bertz CT molecular complexity index is 1570. The Kier molecular flexibility index (Phi) is 6.82. The van der Waals surface area contributed by atoms with Gasteiger partial charge in [0.25, 0.3) is 0 Å². The van der Waals surface area contributed by atoms with Crippen molar-refractivity contribution in [3.05, 3.63) is 84.8 Å². The molecule has 1 aromatic carbocycles. The molecule has 42 heavy (non-hydrogen) atoms. The molecular formula is C26H12F10N4O2. The van der Waals surface area contributed by atoms with Crippen molar-refractivity contribution in [2.24, 2.45) is 0 Å². The molecule has 0 amide bonds. The second-order valence-electron chi connectivity index (χ2n) is 8.59. The molecule has 0 fully saturated rings. The summed E-state index contributed by atoms with van der Waals surface area (Å²) < 4.78 is 146. The topological polar surface area (TPSA) is 77.8 Å². The quantitative estimate of drug-likeness (QED) is 0.182. The molecule has 4 heterocycles. The summed E-state index contributed by atoms with van der Waals surface area (Å²) in [7, 11) is 0. The van der Waals surface area contributed by atoms with Crippen LogP contribution < -0.4 is 0 Å². The number of aromatic nitrogens is 4. The summed E-state index contributed by atoms with van der Waals surface area (Å²) in [6.07, 6.45) is -7.49. The lowest BCUT2D eigenvalue weighted by Crippen LogP contribution is -2.33. The van der Waals surface area contributed by atoms with E-state index >= 15 is 0 Å². The van der Waals surface area contributed by atoms with Crippen molar-refractivity contribution in [3.63, 3.8) is 0 Å². The highest BCUT2D eigenvalue weighted by molar-refractivity contribution is 5.70. The average Bonchev–Trinajstić information content (AvgIpc) is 3.60. The first-order chi connectivity index (χ1) is 19.6. The SMILES string of the molecule is FC(F)(F)C(F)(F)c1oc(-c2ccc(-c3nc(-c4ccncc4)c(C(F)(F)C(F)(F)F)o3)cc2)nc1-c1ccncc1. The van der Waals surface area contributed by atoms with Crippen LogP contribution in [0.2, 0.25) is 0 Å². The molecule has 0 saturated heterocycles. The van der Waals surface area contributed by atoms with Crippen molar-refractivity contribution in [2.75, 3.05) is 0 Å². The van der Waals surface area contributed by atoms with E-state index in [2.05, 4.69) is 19.9 Å². The zero-order chi connectivity index (χ0) is 30.5. The number of oxazole rings is 2. The maximum absolute atomic E-state index is 14.3. The molecule has 0 radical (unpaired) electrons. The van der Waals surface area contributed by atoms with Crippen molar-refractivity contribution >= 4 is 0 Å². The minimum absolute atomic E-state index is 0.139. The van der Waals surface area contributed by atoms with E-state index < -0.39 is 58.9 Å². The van der Waals surface area contributed by atoms with Crippen LogP contribution in [0.4, 0.5) is 43.9 Å². The number of hydrogen-bond donors (Lipinski definition) is 0. The molecule has 0 N–H and O–H groups in total. The lowest BCUT2D eigenvalue weighted by Gasteiger charge is -2.17. The van der Waals surface area contributed by atoms with Gasteiger partial charge in [0.05, 0.1) is 0 Å². The van der Waals surface area contributed by atoms with Crippen LogP contribution in [0.5, 0.6) is 0 Å². The fourth-order valence-corrected chi connectivity index (χ4v) is 3.74. The van der Waals surface area contributed by atoms with Crippen LogP contribution in [-0.4, -0.2) is 32.3 Å². The summed E-state index contributed by atoms with van der Waals surface area (Å²) in [6, 6.07) is 8.90. The minimum atomic E-state index is -6.02. The predicted octanol–water partition coefficient (Wildman–Crippen LogP) is 8.43. The predicted molar refractivity (Wildman–Crippen MR) is 124 cm³/mol. The molecule has 0 aliphatic carbocycles. The molecule has 0 unspecified atom stereocenters. The molecule has 0 spiro atoms. The molecule has 5 aromatic rings. The summed E-state index contributed by atoms with van der Waals surface area (Å²) in [5, 5.41) is 0. The van der Waals surface area contributed by atoms with E-state index in [-0.39, 0.29) is 22.3 Å². The number of hydrogen-bond acceptors (Lipinski definition) is 6. The van der Waals surface area contributed by atoms with Crippen LogP contribution in [0.25, 0.3) is 45.4 Å². The van der Waals surface area contributed by atoms with Gasteiger partial charge in [-0.05, 0) is 48.5 Å². The summed E-state index contributed by atoms with van der Waals surface area (Å²) in [4.78, 5) is 15.0. The maximum atomic E-state index is 14.3. The zero-order valence-electron chi connectivity index (χ0n) is 20.3. The molecule has 5 rings (SSSR count). The van der Waals surface area contributed by atoms with E-state index in [9.17, 15) is 43.9 Å². The van der Waals surface area contributed by atoms with Crippen LogP contribution in [0.1, 0.15) is 11.5 Å². The molecule has 0 aliphatic heterocycles. The van der Waals surface area contributed by atoms with Crippen LogP contribution >= 0.6 is 0 Å². The smallest absolute Gasteiger partial charge is 0.434 e.